The summed E-state index contributed by atoms with van der Waals surface area (Å²) in [7, 11) is 1.77. The molecule has 0 saturated heterocycles. The summed E-state index contributed by atoms with van der Waals surface area (Å²) in [5.41, 5.74) is 3.10. The van der Waals surface area contributed by atoms with Crippen LogP contribution in [0.5, 0.6) is 0 Å². The van der Waals surface area contributed by atoms with Crippen molar-refractivity contribution in [2.75, 3.05) is 7.05 Å². The van der Waals surface area contributed by atoms with Crippen LogP contribution in [0.1, 0.15) is 5.56 Å². The van der Waals surface area contributed by atoms with Crippen LogP contribution in [0, 0.1) is 0 Å². The molecule has 0 unspecified atom stereocenters. The number of rotatable bonds is 3. The van der Waals surface area contributed by atoms with Crippen molar-refractivity contribution in [1.29, 1.82) is 0 Å². The van der Waals surface area contributed by atoms with Gasteiger partial charge in [-0.15, -0.1) is 11.3 Å². The van der Waals surface area contributed by atoms with E-state index in [2.05, 4.69) is 48.5 Å². The minimum atomic E-state index is 0.847. The predicted octanol–water partition coefficient (Wildman–Crippen LogP) is 3.79. The normalized spacial score (nSPS) is 12.2. The van der Waals surface area contributed by atoms with Gasteiger partial charge < -0.3 is 0 Å². The van der Waals surface area contributed by atoms with Gasteiger partial charge in [-0.3, -0.25) is 9.98 Å². The summed E-state index contributed by atoms with van der Waals surface area (Å²) in [4.78, 5) is 9.15. The number of hydrogen-bond acceptors (Lipinski definition) is 4. The first kappa shape index (κ1) is 14.9. The van der Waals surface area contributed by atoms with E-state index in [4.69, 9.17) is 0 Å². The van der Waals surface area contributed by atoms with E-state index >= 15 is 0 Å². The predicted molar refractivity (Wildman–Crippen MR) is 94.2 cm³/mol. The third-order valence-electron chi connectivity index (χ3n) is 3.03. The van der Waals surface area contributed by atoms with E-state index in [0.29, 0.717) is 0 Å². The van der Waals surface area contributed by atoms with Gasteiger partial charge in [-0.05, 0) is 29.8 Å². The lowest BCUT2D eigenvalue weighted by Crippen LogP contribution is -2.11. The lowest BCUT2D eigenvalue weighted by atomic mass is 10.2. The second-order valence-corrected chi connectivity index (χ2v) is 6.23. The Morgan fingerprint density at radius 2 is 2.05 bits per heavy atom. The van der Waals surface area contributed by atoms with Crippen LogP contribution in [0.3, 0.4) is 0 Å². The lowest BCUT2D eigenvalue weighted by Gasteiger charge is -2.03. The van der Waals surface area contributed by atoms with Gasteiger partial charge in [0.05, 0.1) is 11.9 Å². The summed E-state index contributed by atoms with van der Waals surface area (Å²) < 4.78 is 2.89. The minimum absolute atomic E-state index is 0.847. The van der Waals surface area contributed by atoms with E-state index in [9.17, 15) is 0 Å². The molecule has 0 fully saturated rings. The summed E-state index contributed by atoms with van der Waals surface area (Å²) in [6.07, 6.45) is 5.31. The zero-order valence-corrected chi connectivity index (χ0v) is 14.3. The largest absolute Gasteiger partial charge is 0.265 e. The van der Waals surface area contributed by atoms with Crippen molar-refractivity contribution in [3.63, 3.8) is 0 Å². The summed E-state index contributed by atoms with van der Waals surface area (Å²) >= 11 is 5.08. The molecule has 0 radical (unpaired) electrons. The molecule has 0 aliphatic heterocycles. The van der Waals surface area contributed by atoms with Crippen LogP contribution in [0.15, 0.2) is 68.7 Å². The summed E-state index contributed by atoms with van der Waals surface area (Å²) in [5.74, 6) is 0. The molecular weight excluding hydrogens is 360 g/mol. The Balaban J connectivity index is 2.07. The zero-order valence-electron chi connectivity index (χ0n) is 11.8. The van der Waals surface area contributed by atoms with Gasteiger partial charge in [-0.2, -0.15) is 5.10 Å². The maximum absolute atomic E-state index is 4.58. The maximum Gasteiger partial charge on any atom is 0.205 e. The van der Waals surface area contributed by atoms with E-state index in [-0.39, 0.29) is 0 Å². The monoisotopic (exact) mass is 372 g/mol. The molecule has 0 aliphatic carbocycles. The molecule has 2 aromatic heterocycles. The van der Waals surface area contributed by atoms with Crippen LogP contribution in [0.2, 0.25) is 0 Å². The van der Waals surface area contributed by atoms with Crippen LogP contribution in [-0.2, 0) is 0 Å². The van der Waals surface area contributed by atoms with Crippen molar-refractivity contribution >= 4 is 33.5 Å². The molecule has 110 valence electrons. The van der Waals surface area contributed by atoms with Crippen molar-refractivity contribution in [3.8, 4) is 11.3 Å². The van der Waals surface area contributed by atoms with Gasteiger partial charge in [0.15, 0.2) is 0 Å². The highest BCUT2D eigenvalue weighted by Crippen LogP contribution is 2.23. The minimum Gasteiger partial charge on any atom is -0.265 e. The van der Waals surface area contributed by atoms with Crippen molar-refractivity contribution < 1.29 is 0 Å². The van der Waals surface area contributed by atoms with Crippen LogP contribution >= 0.6 is 27.3 Å². The van der Waals surface area contributed by atoms with Gasteiger partial charge in [-0.1, -0.05) is 28.1 Å². The summed E-state index contributed by atoms with van der Waals surface area (Å²) in [5, 5.41) is 6.64. The van der Waals surface area contributed by atoms with Crippen LogP contribution in [-0.4, -0.2) is 22.9 Å². The number of pyridine rings is 1. The highest BCUT2D eigenvalue weighted by Gasteiger charge is 2.07. The van der Waals surface area contributed by atoms with Crippen molar-refractivity contribution in [2.24, 2.45) is 10.1 Å². The second kappa shape index (κ2) is 6.81. The fourth-order valence-corrected chi connectivity index (χ4v) is 3.19. The molecule has 1 aromatic carbocycles. The van der Waals surface area contributed by atoms with Crippen LogP contribution in [0.25, 0.3) is 11.3 Å². The van der Waals surface area contributed by atoms with E-state index in [1.54, 1.807) is 30.8 Å². The van der Waals surface area contributed by atoms with Crippen LogP contribution in [0.4, 0.5) is 0 Å². The molecule has 0 amide bonds. The molecule has 0 atom stereocenters. The van der Waals surface area contributed by atoms with Gasteiger partial charge in [0.2, 0.25) is 4.80 Å². The van der Waals surface area contributed by atoms with Crippen molar-refractivity contribution in [3.05, 3.63) is 69.0 Å². The molecule has 0 bridgehead atoms. The van der Waals surface area contributed by atoms with Gasteiger partial charge in [-0.25, -0.2) is 4.68 Å². The number of nitrogens with zero attached hydrogens (tertiary/aromatic N) is 4. The van der Waals surface area contributed by atoms with E-state index in [1.165, 1.54) is 0 Å². The molecular formula is C16H13BrN4S. The average molecular weight is 373 g/mol. The number of aromatic nitrogens is 2. The number of hydrogen-bond donors (Lipinski definition) is 0. The summed E-state index contributed by atoms with van der Waals surface area (Å²) in [6, 6.07) is 12.0. The van der Waals surface area contributed by atoms with Gasteiger partial charge >= 0.3 is 0 Å². The zero-order chi connectivity index (χ0) is 15.4. The molecule has 3 rings (SSSR count). The number of benzene rings is 1. The van der Waals surface area contributed by atoms with Gasteiger partial charge in [0.25, 0.3) is 0 Å². The SMILES string of the molecule is CN=c1scc(-c2cccc(Br)c2)n1N=Cc1ccncc1. The first-order chi connectivity index (χ1) is 10.8. The second-order valence-electron chi connectivity index (χ2n) is 4.47. The van der Waals surface area contributed by atoms with Gasteiger partial charge in [0.1, 0.15) is 0 Å². The molecule has 0 spiro atoms. The molecule has 4 nitrogen and oxygen atoms in total. The number of halogens is 1. The molecule has 3 aromatic rings. The van der Waals surface area contributed by atoms with Crippen LogP contribution < -0.4 is 4.80 Å². The molecule has 0 saturated carbocycles. The Hall–Kier alpha value is -2.05. The lowest BCUT2D eigenvalue weighted by molar-refractivity contribution is 0.848. The fourth-order valence-electron chi connectivity index (χ4n) is 1.98. The molecule has 0 aliphatic rings. The highest BCUT2D eigenvalue weighted by molar-refractivity contribution is 9.10. The van der Waals surface area contributed by atoms with E-state index in [1.807, 2.05) is 35.2 Å². The van der Waals surface area contributed by atoms with Gasteiger partial charge in [0, 0.05) is 34.9 Å². The Bertz CT molecular complexity index is 865. The standard InChI is InChI=1S/C16H13BrN4S/c1-18-16-21(20-10-12-5-7-19-8-6-12)15(11-22-16)13-3-2-4-14(17)9-13/h2-11H,1H3. The fraction of sp³-hybridized carbons (Fsp3) is 0.0625. The molecule has 2 heterocycles. The Morgan fingerprint density at radius 3 is 2.77 bits per heavy atom. The van der Waals surface area contributed by atoms with E-state index in [0.717, 1.165) is 26.1 Å². The molecule has 0 N–H and O–H groups in total. The van der Waals surface area contributed by atoms with Crippen molar-refractivity contribution in [1.82, 2.24) is 9.66 Å². The maximum atomic E-state index is 4.58. The first-order valence-electron chi connectivity index (χ1n) is 6.61. The quantitative estimate of drug-likeness (QED) is 0.645. The van der Waals surface area contributed by atoms with Crippen molar-refractivity contribution in [2.45, 2.75) is 0 Å². The number of thiazole rings is 1. The first-order valence-corrected chi connectivity index (χ1v) is 8.29. The third kappa shape index (κ3) is 3.23. The Morgan fingerprint density at radius 1 is 1.23 bits per heavy atom. The summed E-state index contributed by atoms with van der Waals surface area (Å²) in [6.45, 7) is 0. The Kier molecular flexibility index (Phi) is 4.60. The third-order valence-corrected chi connectivity index (χ3v) is 4.43. The topological polar surface area (TPSA) is 42.5 Å². The average Bonchev–Trinajstić information content (AvgIpc) is 2.97. The molecule has 6 heteroatoms. The smallest absolute Gasteiger partial charge is 0.205 e. The van der Waals surface area contributed by atoms with E-state index < -0.39 is 0 Å². The Labute approximate surface area is 140 Å². The highest BCUT2D eigenvalue weighted by atomic mass is 79.9. The molecule has 22 heavy (non-hydrogen) atoms.